The van der Waals surface area contributed by atoms with Gasteiger partial charge in [0.1, 0.15) is 0 Å². The lowest BCUT2D eigenvalue weighted by Gasteiger charge is -2.09. The van der Waals surface area contributed by atoms with E-state index in [9.17, 15) is 4.79 Å². The van der Waals surface area contributed by atoms with E-state index < -0.39 is 5.97 Å². The van der Waals surface area contributed by atoms with Gasteiger partial charge in [-0.05, 0) is 56.0 Å². The number of benzene rings is 1. The van der Waals surface area contributed by atoms with Crippen molar-refractivity contribution >= 4 is 5.97 Å². The van der Waals surface area contributed by atoms with Crippen LogP contribution in [0.1, 0.15) is 41.3 Å². The molecule has 1 heterocycles. The average molecular weight is 270 g/mol. The van der Waals surface area contributed by atoms with Crippen LogP contribution in [0.2, 0.25) is 0 Å². The Morgan fingerprint density at radius 2 is 2.05 bits per heavy atom. The van der Waals surface area contributed by atoms with E-state index in [1.807, 2.05) is 16.8 Å². The van der Waals surface area contributed by atoms with Crippen molar-refractivity contribution in [3.05, 3.63) is 46.8 Å². The number of nitrogens with zero attached hydrogens (tertiary/aromatic N) is 2. The zero-order valence-corrected chi connectivity index (χ0v) is 11.8. The lowest BCUT2D eigenvalue weighted by Crippen LogP contribution is -2.04. The molecule has 0 radical (unpaired) electrons. The zero-order chi connectivity index (χ0) is 14.3. The van der Waals surface area contributed by atoms with Gasteiger partial charge in [-0.2, -0.15) is 5.10 Å². The molecule has 4 nitrogen and oxygen atoms in total. The Bertz CT molecular complexity index is 669. The highest BCUT2D eigenvalue weighted by molar-refractivity contribution is 5.69. The van der Waals surface area contributed by atoms with Crippen molar-refractivity contribution in [3.8, 4) is 5.69 Å². The minimum atomic E-state index is -0.836. The average Bonchev–Trinajstić information content (AvgIpc) is 3.14. The topological polar surface area (TPSA) is 55.1 Å². The summed E-state index contributed by atoms with van der Waals surface area (Å²) in [6.45, 7) is 4.16. The third-order valence-electron chi connectivity index (χ3n) is 3.85. The van der Waals surface area contributed by atoms with Crippen molar-refractivity contribution in [1.29, 1.82) is 0 Å². The van der Waals surface area contributed by atoms with Gasteiger partial charge in [0, 0.05) is 11.6 Å². The van der Waals surface area contributed by atoms with Crippen molar-refractivity contribution in [2.24, 2.45) is 0 Å². The molecule has 4 heteroatoms. The molecule has 1 aliphatic rings. The van der Waals surface area contributed by atoms with Crippen LogP contribution < -0.4 is 0 Å². The number of carbonyl (C=O) groups is 1. The molecule has 0 spiro atoms. The fraction of sp³-hybridized carbons (Fsp3) is 0.375. The molecule has 0 saturated heterocycles. The SMILES string of the molecule is Cc1ccc(-n2nc(CC(=O)O)cc2C2CC2)cc1C. The second kappa shape index (κ2) is 4.78. The van der Waals surface area contributed by atoms with Gasteiger partial charge in [-0.15, -0.1) is 0 Å². The molecule has 0 amide bonds. The van der Waals surface area contributed by atoms with Crippen LogP contribution in [0, 0.1) is 13.8 Å². The molecule has 1 fully saturated rings. The molecule has 0 unspecified atom stereocenters. The van der Waals surface area contributed by atoms with Gasteiger partial charge in [0.15, 0.2) is 0 Å². The van der Waals surface area contributed by atoms with E-state index in [-0.39, 0.29) is 6.42 Å². The summed E-state index contributed by atoms with van der Waals surface area (Å²) >= 11 is 0. The van der Waals surface area contributed by atoms with Crippen LogP contribution >= 0.6 is 0 Å². The zero-order valence-electron chi connectivity index (χ0n) is 11.8. The lowest BCUT2D eigenvalue weighted by atomic mass is 10.1. The summed E-state index contributed by atoms with van der Waals surface area (Å²) in [5.74, 6) is -0.302. The van der Waals surface area contributed by atoms with Crippen LogP contribution in [-0.4, -0.2) is 20.9 Å². The summed E-state index contributed by atoms with van der Waals surface area (Å²) < 4.78 is 1.92. The first-order valence-corrected chi connectivity index (χ1v) is 6.93. The Morgan fingerprint density at radius 1 is 1.30 bits per heavy atom. The highest BCUT2D eigenvalue weighted by Crippen LogP contribution is 2.41. The van der Waals surface area contributed by atoms with Gasteiger partial charge in [0.25, 0.3) is 0 Å². The van der Waals surface area contributed by atoms with Gasteiger partial charge in [-0.1, -0.05) is 6.07 Å². The molecule has 3 rings (SSSR count). The number of hydrogen-bond donors (Lipinski definition) is 1. The Kier molecular flexibility index (Phi) is 3.08. The summed E-state index contributed by atoms with van der Waals surface area (Å²) in [6, 6.07) is 8.19. The maximum absolute atomic E-state index is 10.9. The van der Waals surface area contributed by atoms with Gasteiger partial charge < -0.3 is 5.11 Å². The predicted octanol–water partition coefficient (Wildman–Crippen LogP) is 2.99. The molecule has 0 atom stereocenters. The Morgan fingerprint density at radius 3 is 2.65 bits per heavy atom. The molecule has 1 aromatic carbocycles. The van der Waals surface area contributed by atoms with E-state index in [0.717, 1.165) is 11.4 Å². The molecule has 104 valence electrons. The summed E-state index contributed by atoms with van der Waals surface area (Å²) in [7, 11) is 0. The van der Waals surface area contributed by atoms with Gasteiger partial charge >= 0.3 is 5.97 Å². The molecule has 0 bridgehead atoms. The molecular weight excluding hydrogens is 252 g/mol. The van der Waals surface area contributed by atoms with Crippen molar-refractivity contribution in [3.63, 3.8) is 0 Å². The first-order valence-electron chi connectivity index (χ1n) is 6.93. The summed E-state index contributed by atoms with van der Waals surface area (Å²) in [6.07, 6.45) is 2.32. The Hall–Kier alpha value is -2.10. The molecule has 2 aromatic rings. The molecule has 1 saturated carbocycles. The molecular formula is C16H18N2O2. The van der Waals surface area contributed by atoms with Crippen molar-refractivity contribution in [2.75, 3.05) is 0 Å². The lowest BCUT2D eigenvalue weighted by molar-refractivity contribution is -0.136. The maximum atomic E-state index is 10.9. The standard InChI is InChI=1S/C16H18N2O2/c1-10-3-6-14(7-11(10)2)18-15(12-4-5-12)8-13(17-18)9-16(19)20/h3,6-8,12H,4-5,9H2,1-2H3,(H,19,20). The molecule has 0 aliphatic heterocycles. The van der Waals surface area contributed by atoms with E-state index in [1.165, 1.54) is 24.0 Å². The number of aromatic nitrogens is 2. The van der Waals surface area contributed by atoms with E-state index in [1.54, 1.807) is 0 Å². The quantitative estimate of drug-likeness (QED) is 0.929. The molecule has 1 N–H and O–H groups in total. The van der Waals surface area contributed by atoms with E-state index in [4.69, 9.17) is 5.11 Å². The van der Waals surface area contributed by atoms with Crippen LogP contribution in [-0.2, 0) is 11.2 Å². The number of carboxylic acid groups (broad SMARTS) is 1. The summed E-state index contributed by atoms with van der Waals surface area (Å²) in [5, 5.41) is 13.4. The van der Waals surface area contributed by atoms with Crippen LogP contribution in [0.3, 0.4) is 0 Å². The van der Waals surface area contributed by atoms with Crippen LogP contribution in [0.4, 0.5) is 0 Å². The van der Waals surface area contributed by atoms with E-state index in [0.29, 0.717) is 11.6 Å². The van der Waals surface area contributed by atoms with E-state index >= 15 is 0 Å². The van der Waals surface area contributed by atoms with Crippen LogP contribution in [0.15, 0.2) is 24.3 Å². The number of rotatable bonds is 4. The first kappa shape index (κ1) is 12.9. The molecule has 1 aliphatic carbocycles. The first-order chi connectivity index (χ1) is 9.54. The van der Waals surface area contributed by atoms with Crippen molar-refractivity contribution in [2.45, 2.75) is 39.0 Å². The third kappa shape index (κ3) is 2.46. The smallest absolute Gasteiger partial charge is 0.309 e. The molecule has 20 heavy (non-hydrogen) atoms. The third-order valence-corrected chi connectivity index (χ3v) is 3.85. The van der Waals surface area contributed by atoms with Crippen molar-refractivity contribution < 1.29 is 9.90 Å². The highest BCUT2D eigenvalue weighted by atomic mass is 16.4. The van der Waals surface area contributed by atoms with Gasteiger partial charge in [0.2, 0.25) is 0 Å². The summed E-state index contributed by atoms with van der Waals surface area (Å²) in [4.78, 5) is 10.9. The van der Waals surface area contributed by atoms with Crippen LogP contribution in [0.25, 0.3) is 5.69 Å². The predicted molar refractivity (Wildman–Crippen MR) is 76.4 cm³/mol. The Labute approximate surface area is 118 Å². The normalized spacial score (nSPS) is 14.5. The number of aryl methyl sites for hydroxylation is 2. The van der Waals surface area contributed by atoms with Gasteiger partial charge in [0.05, 0.1) is 17.8 Å². The minimum absolute atomic E-state index is 0.0163. The fourth-order valence-electron chi connectivity index (χ4n) is 2.42. The molecule has 1 aromatic heterocycles. The largest absolute Gasteiger partial charge is 0.481 e. The Balaban J connectivity index is 2.04. The van der Waals surface area contributed by atoms with Gasteiger partial charge in [-0.3, -0.25) is 4.79 Å². The van der Waals surface area contributed by atoms with Crippen LogP contribution in [0.5, 0.6) is 0 Å². The number of aliphatic carboxylic acids is 1. The number of carboxylic acids is 1. The highest BCUT2D eigenvalue weighted by Gasteiger charge is 2.29. The summed E-state index contributed by atoms with van der Waals surface area (Å²) in [5.41, 5.74) is 5.27. The van der Waals surface area contributed by atoms with E-state index in [2.05, 4.69) is 31.1 Å². The fourth-order valence-corrected chi connectivity index (χ4v) is 2.42. The van der Waals surface area contributed by atoms with Gasteiger partial charge in [-0.25, -0.2) is 4.68 Å². The maximum Gasteiger partial charge on any atom is 0.309 e. The monoisotopic (exact) mass is 270 g/mol. The van der Waals surface area contributed by atoms with Crippen molar-refractivity contribution in [1.82, 2.24) is 9.78 Å². The number of hydrogen-bond acceptors (Lipinski definition) is 2. The second-order valence-electron chi connectivity index (χ2n) is 5.59. The second-order valence-corrected chi connectivity index (χ2v) is 5.59. The minimum Gasteiger partial charge on any atom is -0.481 e.